The number of piperidine rings is 1. The van der Waals surface area contributed by atoms with Crippen LogP contribution in [0.4, 0.5) is 0 Å². The topological polar surface area (TPSA) is 83.9 Å². The van der Waals surface area contributed by atoms with Crippen LogP contribution in [0, 0.1) is 17.8 Å². The predicted molar refractivity (Wildman–Crippen MR) is 65.2 cm³/mol. The molecule has 1 amide bonds. The van der Waals surface area contributed by atoms with Gasteiger partial charge in [0.15, 0.2) is 0 Å². The second-order valence-corrected chi connectivity index (χ2v) is 5.14. The van der Waals surface area contributed by atoms with Gasteiger partial charge in [-0.2, -0.15) is 0 Å². The van der Waals surface area contributed by atoms with E-state index < -0.39 is 11.9 Å². The number of esters is 1. The standard InChI is InChI=1S/C13H19NO5/c1-2-19-13(18)8-3-5-14(6-4-8)11(15)9-7-10(9)12(16)17/h8-10H,2-7H2,1H3,(H,16,17). The van der Waals surface area contributed by atoms with Crippen LogP contribution in [0.5, 0.6) is 0 Å². The Kier molecular flexibility index (Phi) is 4.07. The Hall–Kier alpha value is -1.59. The molecular formula is C13H19NO5. The summed E-state index contributed by atoms with van der Waals surface area (Å²) in [5.41, 5.74) is 0. The highest BCUT2D eigenvalue weighted by atomic mass is 16.5. The largest absolute Gasteiger partial charge is 0.481 e. The van der Waals surface area contributed by atoms with Crippen LogP contribution in [0.1, 0.15) is 26.2 Å². The summed E-state index contributed by atoms with van der Waals surface area (Å²) in [6.45, 7) is 3.19. The number of carbonyl (C=O) groups is 3. The number of carboxylic acids is 1. The molecule has 2 atom stereocenters. The zero-order valence-electron chi connectivity index (χ0n) is 11.0. The molecule has 0 bridgehead atoms. The fourth-order valence-corrected chi connectivity index (χ4v) is 2.57. The van der Waals surface area contributed by atoms with E-state index in [1.807, 2.05) is 0 Å². The Bertz CT molecular complexity index is 386. The summed E-state index contributed by atoms with van der Waals surface area (Å²) in [4.78, 5) is 36.0. The molecule has 0 aromatic rings. The molecule has 2 rings (SSSR count). The van der Waals surface area contributed by atoms with Crippen LogP contribution in [0.2, 0.25) is 0 Å². The lowest BCUT2D eigenvalue weighted by molar-refractivity contribution is -0.151. The maximum absolute atomic E-state index is 12.0. The molecule has 6 nitrogen and oxygen atoms in total. The van der Waals surface area contributed by atoms with Gasteiger partial charge in [-0.15, -0.1) is 0 Å². The third-order valence-corrected chi connectivity index (χ3v) is 3.85. The first-order chi connectivity index (χ1) is 9.04. The van der Waals surface area contributed by atoms with E-state index in [9.17, 15) is 14.4 Å². The number of aliphatic carboxylic acids is 1. The molecule has 1 N–H and O–H groups in total. The zero-order chi connectivity index (χ0) is 14.0. The number of rotatable bonds is 4. The third-order valence-electron chi connectivity index (χ3n) is 3.85. The highest BCUT2D eigenvalue weighted by Crippen LogP contribution is 2.40. The van der Waals surface area contributed by atoms with Crippen molar-refractivity contribution in [2.75, 3.05) is 19.7 Å². The van der Waals surface area contributed by atoms with Crippen molar-refractivity contribution in [3.63, 3.8) is 0 Å². The Morgan fingerprint density at radius 1 is 1.21 bits per heavy atom. The van der Waals surface area contributed by atoms with Gasteiger partial charge < -0.3 is 14.7 Å². The van der Waals surface area contributed by atoms with E-state index in [0.29, 0.717) is 39.0 Å². The molecule has 1 saturated heterocycles. The van der Waals surface area contributed by atoms with Crippen molar-refractivity contribution < 1.29 is 24.2 Å². The molecule has 1 saturated carbocycles. The Morgan fingerprint density at radius 3 is 2.32 bits per heavy atom. The van der Waals surface area contributed by atoms with Crippen molar-refractivity contribution in [3.05, 3.63) is 0 Å². The highest BCUT2D eigenvalue weighted by Gasteiger charge is 2.50. The van der Waals surface area contributed by atoms with Crippen LogP contribution in [0.25, 0.3) is 0 Å². The van der Waals surface area contributed by atoms with Crippen LogP contribution in [-0.2, 0) is 19.1 Å². The van der Waals surface area contributed by atoms with Gasteiger partial charge in [-0.25, -0.2) is 0 Å². The molecule has 0 radical (unpaired) electrons. The number of hydrogen-bond acceptors (Lipinski definition) is 4. The summed E-state index contributed by atoms with van der Waals surface area (Å²) in [5.74, 6) is -2.13. The predicted octanol–water partition coefficient (Wildman–Crippen LogP) is 0.509. The second kappa shape index (κ2) is 5.59. The first-order valence-corrected chi connectivity index (χ1v) is 6.72. The SMILES string of the molecule is CCOC(=O)C1CCN(C(=O)C2CC2C(=O)O)CC1. The maximum Gasteiger partial charge on any atom is 0.309 e. The lowest BCUT2D eigenvalue weighted by Gasteiger charge is -2.31. The van der Waals surface area contributed by atoms with Crippen LogP contribution in [0.3, 0.4) is 0 Å². The normalized spacial score (nSPS) is 26.9. The van der Waals surface area contributed by atoms with E-state index >= 15 is 0 Å². The van der Waals surface area contributed by atoms with E-state index in [4.69, 9.17) is 9.84 Å². The molecule has 1 heterocycles. The van der Waals surface area contributed by atoms with Crippen molar-refractivity contribution in [3.8, 4) is 0 Å². The molecule has 2 aliphatic rings. The molecule has 106 valence electrons. The lowest BCUT2D eigenvalue weighted by atomic mass is 9.96. The summed E-state index contributed by atoms with van der Waals surface area (Å²) in [5, 5.41) is 8.81. The van der Waals surface area contributed by atoms with E-state index in [1.165, 1.54) is 0 Å². The summed E-state index contributed by atoms with van der Waals surface area (Å²) in [7, 11) is 0. The van der Waals surface area contributed by atoms with Gasteiger partial charge >= 0.3 is 11.9 Å². The van der Waals surface area contributed by atoms with Gasteiger partial charge in [0.2, 0.25) is 5.91 Å². The minimum absolute atomic E-state index is 0.0743. The Morgan fingerprint density at radius 2 is 1.84 bits per heavy atom. The van der Waals surface area contributed by atoms with Crippen LogP contribution in [-0.4, -0.2) is 47.5 Å². The first kappa shape index (κ1) is 13.8. The quantitative estimate of drug-likeness (QED) is 0.752. The lowest BCUT2D eigenvalue weighted by Crippen LogP contribution is -2.41. The van der Waals surface area contributed by atoms with Crippen molar-refractivity contribution in [1.29, 1.82) is 0 Å². The molecule has 6 heteroatoms. The summed E-state index contributed by atoms with van der Waals surface area (Å²) in [6, 6.07) is 0. The number of likely N-dealkylation sites (tertiary alicyclic amines) is 1. The second-order valence-electron chi connectivity index (χ2n) is 5.14. The van der Waals surface area contributed by atoms with E-state index in [-0.39, 0.29) is 23.7 Å². The molecule has 1 aliphatic carbocycles. The van der Waals surface area contributed by atoms with Gasteiger partial charge in [0.1, 0.15) is 0 Å². The summed E-state index contributed by atoms with van der Waals surface area (Å²) >= 11 is 0. The molecule has 2 unspecified atom stereocenters. The fraction of sp³-hybridized carbons (Fsp3) is 0.769. The first-order valence-electron chi connectivity index (χ1n) is 6.72. The van der Waals surface area contributed by atoms with E-state index in [2.05, 4.69) is 0 Å². The van der Waals surface area contributed by atoms with Crippen molar-refractivity contribution >= 4 is 17.8 Å². The van der Waals surface area contributed by atoms with E-state index in [1.54, 1.807) is 11.8 Å². The number of carbonyl (C=O) groups excluding carboxylic acids is 2. The van der Waals surface area contributed by atoms with Crippen LogP contribution in [0.15, 0.2) is 0 Å². The van der Waals surface area contributed by atoms with Gasteiger partial charge in [-0.1, -0.05) is 0 Å². The zero-order valence-corrected chi connectivity index (χ0v) is 11.0. The van der Waals surface area contributed by atoms with Gasteiger partial charge in [0.05, 0.1) is 24.4 Å². The minimum atomic E-state index is -0.889. The number of amides is 1. The summed E-state index contributed by atoms with van der Waals surface area (Å²) in [6.07, 6.45) is 1.66. The molecular weight excluding hydrogens is 250 g/mol. The van der Waals surface area contributed by atoms with Gasteiger partial charge in [0, 0.05) is 13.1 Å². The van der Waals surface area contributed by atoms with Crippen molar-refractivity contribution in [2.24, 2.45) is 17.8 Å². The number of hydrogen-bond donors (Lipinski definition) is 1. The minimum Gasteiger partial charge on any atom is -0.481 e. The van der Waals surface area contributed by atoms with Crippen molar-refractivity contribution in [2.45, 2.75) is 26.2 Å². The maximum atomic E-state index is 12.0. The monoisotopic (exact) mass is 269 g/mol. The van der Waals surface area contributed by atoms with Crippen LogP contribution < -0.4 is 0 Å². The average molecular weight is 269 g/mol. The third kappa shape index (κ3) is 3.05. The molecule has 2 fully saturated rings. The number of ether oxygens (including phenoxy) is 1. The molecule has 0 spiro atoms. The highest BCUT2D eigenvalue weighted by molar-refractivity contribution is 5.89. The van der Waals surface area contributed by atoms with E-state index in [0.717, 1.165) is 0 Å². The van der Waals surface area contributed by atoms with Crippen molar-refractivity contribution in [1.82, 2.24) is 4.90 Å². The van der Waals surface area contributed by atoms with Crippen LogP contribution >= 0.6 is 0 Å². The smallest absolute Gasteiger partial charge is 0.309 e. The van der Waals surface area contributed by atoms with Gasteiger partial charge in [-0.3, -0.25) is 14.4 Å². The Balaban J connectivity index is 1.79. The van der Waals surface area contributed by atoms with Gasteiger partial charge in [0.25, 0.3) is 0 Å². The molecule has 1 aliphatic heterocycles. The molecule has 19 heavy (non-hydrogen) atoms. The number of nitrogens with zero attached hydrogens (tertiary/aromatic N) is 1. The fourth-order valence-electron chi connectivity index (χ4n) is 2.57. The van der Waals surface area contributed by atoms with Gasteiger partial charge in [-0.05, 0) is 26.2 Å². The number of carboxylic acid groups (broad SMARTS) is 1. The molecule has 0 aromatic carbocycles. The molecule has 0 aromatic heterocycles. The average Bonchev–Trinajstić information content (AvgIpc) is 3.19. The Labute approximate surface area is 111 Å². The summed E-state index contributed by atoms with van der Waals surface area (Å²) < 4.78 is 4.97.